The molecule has 0 unspecified atom stereocenters. The highest BCUT2D eigenvalue weighted by Gasteiger charge is 2.30. The van der Waals surface area contributed by atoms with Gasteiger partial charge in [-0.3, -0.25) is 4.98 Å². The minimum atomic E-state index is -1.41. The number of hydrogen-bond donors (Lipinski definition) is 1. The summed E-state index contributed by atoms with van der Waals surface area (Å²) >= 11 is 0. The molecule has 0 saturated heterocycles. The zero-order chi connectivity index (χ0) is 30.3. The van der Waals surface area contributed by atoms with Crippen molar-refractivity contribution in [3.05, 3.63) is 125 Å². The number of hydrogen-bond acceptors (Lipinski definition) is 4. The van der Waals surface area contributed by atoms with E-state index in [2.05, 4.69) is 15.0 Å². The third-order valence-electron chi connectivity index (χ3n) is 6.63. The number of halogens is 6. The van der Waals surface area contributed by atoms with Gasteiger partial charge in [0.15, 0.2) is 0 Å². The van der Waals surface area contributed by atoms with Crippen LogP contribution in [-0.2, 0) is 5.41 Å². The summed E-state index contributed by atoms with van der Waals surface area (Å²) in [6.45, 7) is 3.22. The highest BCUT2D eigenvalue weighted by molar-refractivity contribution is 5.87. The van der Waals surface area contributed by atoms with E-state index in [1.54, 1.807) is 13.8 Å². The van der Waals surface area contributed by atoms with Gasteiger partial charge in [-0.25, -0.2) is 27.3 Å². The minimum Gasteiger partial charge on any atom is -0.477 e. The quantitative estimate of drug-likeness (QED) is 0.165. The Balaban J connectivity index is 1.75. The molecule has 0 aliphatic rings. The molecule has 5 aromatic rings. The number of aromatic carboxylic acids is 1. The molecule has 2 aromatic carbocycles. The highest BCUT2D eigenvalue weighted by atomic mass is 19.2. The summed E-state index contributed by atoms with van der Waals surface area (Å²) in [6.07, 6.45) is 0. The van der Waals surface area contributed by atoms with Crippen LogP contribution < -0.4 is 0 Å². The third kappa shape index (κ3) is 5.71. The molecule has 1 N–H and O–H groups in total. The Morgan fingerprint density at radius 3 is 1.60 bits per heavy atom. The molecule has 0 fully saturated rings. The Hall–Kier alpha value is -5.06. The van der Waals surface area contributed by atoms with E-state index in [4.69, 9.17) is 0 Å². The molecule has 42 heavy (non-hydrogen) atoms. The van der Waals surface area contributed by atoms with Crippen LogP contribution in [0.2, 0.25) is 0 Å². The fourth-order valence-corrected chi connectivity index (χ4v) is 4.46. The van der Waals surface area contributed by atoms with Crippen molar-refractivity contribution in [2.24, 2.45) is 0 Å². The van der Waals surface area contributed by atoms with Gasteiger partial charge in [-0.2, -0.15) is 13.8 Å². The first-order valence-corrected chi connectivity index (χ1v) is 12.3. The van der Waals surface area contributed by atoms with E-state index in [9.17, 15) is 36.2 Å². The molecule has 3 heterocycles. The van der Waals surface area contributed by atoms with E-state index in [-0.39, 0.29) is 44.9 Å². The van der Waals surface area contributed by atoms with E-state index in [0.29, 0.717) is 12.1 Å². The molecule has 0 aliphatic heterocycles. The van der Waals surface area contributed by atoms with Gasteiger partial charge in [0, 0.05) is 17.5 Å². The van der Waals surface area contributed by atoms with E-state index in [1.165, 1.54) is 18.2 Å². The molecule has 0 spiro atoms. The maximum absolute atomic E-state index is 14.7. The zero-order valence-electron chi connectivity index (χ0n) is 21.9. The smallest absolute Gasteiger partial charge is 0.354 e. The number of carbonyl (C=O) groups is 1. The van der Waals surface area contributed by atoms with Gasteiger partial charge in [0.2, 0.25) is 11.9 Å². The number of nitrogens with zero attached hydrogens (tertiary/aromatic N) is 3. The molecule has 5 nitrogen and oxygen atoms in total. The molecule has 212 valence electrons. The van der Waals surface area contributed by atoms with Crippen LogP contribution in [0.25, 0.3) is 33.5 Å². The summed E-state index contributed by atoms with van der Waals surface area (Å²) in [4.78, 5) is 23.9. The fourth-order valence-electron chi connectivity index (χ4n) is 4.46. The van der Waals surface area contributed by atoms with Gasteiger partial charge in [0.25, 0.3) is 0 Å². The Bertz CT molecular complexity index is 1840. The second-order valence-electron chi connectivity index (χ2n) is 9.97. The molecule has 0 aliphatic carbocycles. The summed E-state index contributed by atoms with van der Waals surface area (Å²) in [6, 6.07) is 12.9. The van der Waals surface area contributed by atoms with E-state index in [0.717, 1.165) is 42.5 Å². The summed E-state index contributed by atoms with van der Waals surface area (Å²) in [5.41, 5.74) is -1.28. The normalized spacial score (nSPS) is 11.5. The van der Waals surface area contributed by atoms with Gasteiger partial charge in [0.1, 0.15) is 29.0 Å². The zero-order valence-corrected chi connectivity index (χ0v) is 21.9. The topological polar surface area (TPSA) is 76.0 Å². The lowest BCUT2D eigenvalue weighted by Crippen LogP contribution is -2.24. The van der Waals surface area contributed by atoms with Crippen molar-refractivity contribution in [2.45, 2.75) is 19.3 Å². The van der Waals surface area contributed by atoms with Crippen LogP contribution >= 0.6 is 0 Å². The van der Waals surface area contributed by atoms with Gasteiger partial charge in [0.05, 0.1) is 22.6 Å². The molecular formula is C31H19F6N3O2. The van der Waals surface area contributed by atoms with Crippen molar-refractivity contribution in [2.75, 3.05) is 0 Å². The molecule has 5 rings (SSSR count). The standard InChI is InChI=1S/C31H19F6N3O2/c1-31(2,27-12-18(10-25(39-27)30(41)42)16-7-21(34)14-22(35)8-16)26-11-17(15-5-19(32)13-20(33)6-15)9-24(38-26)23-3-4-28(36)40-29(23)37/h3-14H,1-2H3,(H,41,42). The van der Waals surface area contributed by atoms with Crippen LogP contribution in [0.3, 0.4) is 0 Å². The summed E-state index contributed by atoms with van der Waals surface area (Å²) in [5, 5.41) is 9.74. The van der Waals surface area contributed by atoms with Crippen LogP contribution in [-0.4, -0.2) is 26.0 Å². The first kappa shape index (κ1) is 28.5. The number of carboxylic acids is 1. The van der Waals surface area contributed by atoms with E-state index < -0.39 is 52.2 Å². The van der Waals surface area contributed by atoms with Crippen molar-refractivity contribution >= 4 is 5.97 Å². The summed E-state index contributed by atoms with van der Waals surface area (Å²) in [5.74, 6) is -7.18. The van der Waals surface area contributed by atoms with Gasteiger partial charge >= 0.3 is 5.97 Å². The van der Waals surface area contributed by atoms with Gasteiger partial charge in [-0.1, -0.05) is 0 Å². The maximum Gasteiger partial charge on any atom is 0.354 e. The Morgan fingerprint density at radius 1 is 0.619 bits per heavy atom. The molecule has 0 bridgehead atoms. The lowest BCUT2D eigenvalue weighted by molar-refractivity contribution is 0.0690. The van der Waals surface area contributed by atoms with Crippen LogP contribution in [0.5, 0.6) is 0 Å². The molecule has 3 aromatic heterocycles. The van der Waals surface area contributed by atoms with E-state index >= 15 is 0 Å². The first-order chi connectivity index (χ1) is 19.8. The Labute approximate surface area is 235 Å². The Morgan fingerprint density at radius 2 is 1.10 bits per heavy atom. The van der Waals surface area contributed by atoms with Crippen LogP contribution in [0.1, 0.15) is 35.7 Å². The number of rotatable bonds is 6. The van der Waals surface area contributed by atoms with Crippen molar-refractivity contribution < 1.29 is 36.2 Å². The molecule has 0 amide bonds. The molecular weight excluding hydrogens is 560 g/mol. The summed E-state index contributed by atoms with van der Waals surface area (Å²) in [7, 11) is 0. The number of pyridine rings is 3. The molecule has 0 saturated carbocycles. The van der Waals surface area contributed by atoms with Crippen molar-refractivity contribution in [3.63, 3.8) is 0 Å². The van der Waals surface area contributed by atoms with Crippen LogP contribution in [0.4, 0.5) is 26.3 Å². The maximum atomic E-state index is 14.7. The van der Waals surface area contributed by atoms with E-state index in [1.807, 2.05) is 0 Å². The lowest BCUT2D eigenvalue weighted by Gasteiger charge is -2.26. The predicted octanol–water partition coefficient (Wildman–Crippen LogP) is 7.73. The van der Waals surface area contributed by atoms with Crippen LogP contribution in [0, 0.1) is 35.2 Å². The third-order valence-corrected chi connectivity index (χ3v) is 6.63. The van der Waals surface area contributed by atoms with Crippen molar-refractivity contribution in [3.8, 4) is 33.5 Å². The average molecular weight is 580 g/mol. The molecule has 11 heteroatoms. The minimum absolute atomic E-state index is 0.0477. The number of benzene rings is 2. The first-order valence-electron chi connectivity index (χ1n) is 12.3. The number of aromatic nitrogens is 3. The van der Waals surface area contributed by atoms with Gasteiger partial charge in [-0.05, 0) is 96.8 Å². The predicted molar refractivity (Wildman–Crippen MR) is 141 cm³/mol. The molecule has 0 atom stereocenters. The largest absolute Gasteiger partial charge is 0.477 e. The van der Waals surface area contributed by atoms with Crippen LogP contribution in [0.15, 0.2) is 72.8 Å². The Kier molecular flexibility index (Phi) is 7.27. The van der Waals surface area contributed by atoms with Crippen molar-refractivity contribution in [1.82, 2.24) is 15.0 Å². The second-order valence-corrected chi connectivity index (χ2v) is 9.97. The SMILES string of the molecule is CC(C)(c1cc(-c2cc(F)cc(F)c2)cc(C(=O)O)n1)c1cc(-c2cc(F)cc(F)c2)cc(-c2ccc(F)nc2F)n1. The highest BCUT2D eigenvalue weighted by Crippen LogP contribution is 2.37. The fraction of sp³-hybridized carbons (Fsp3) is 0.0968. The second kappa shape index (κ2) is 10.7. The monoisotopic (exact) mass is 579 g/mol. The average Bonchev–Trinajstić information content (AvgIpc) is 2.91. The van der Waals surface area contributed by atoms with Gasteiger partial charge < -0.3 is 5.11 Å². The summed E-state index contributed by atoms with van der Waals surface area (Å²) < 4.78 is 84.6. The van der Waals surface area contributed by atoms with Crippen molar-refractivity contribution in [1.29, 1.82) is 0 Å². The molecule has 0 radical (unpaired) electrons. The van der Waals surface area contributed by atoms with Gasteiger partial charge in [-0.15, -0.1) is 0 Å². The lowest BCUT2D eigenvalue weighted by atomic mass is 9.82. The number of carboxylic acid groups (broad SMARTS) is 1.